The van der Waals surface area contributed by atoms with E-state index >= 15 is 0 Å². The van der Waals surface area contributed by atoms with E-state index in [1.165, 1.54) is 38.4 Å². The summed E-state index contributed by atoms with van der Waals surface area (Å²) in [4.78, 5) is 14.9. The van der Waals surface area contributed by atoms with E-state index in [1.54, 1.807) is 6.08 Å². The van der Waals surface area contributed by atoms with E-state index in [-0.39, 0.29) is 0 Å². The molecule has 98 valence electrons. The van der Waals surface area contributed by atoms with Crippen LogP contribution in [0.15, 0.2) is 12.2 Å². The first-order valence-electron chi connectivity index (χ1n) is 6.34. The van der Waals surface area contributed by atoms with Gasteiger partial charge in [-0.15, -0.1) is 0 Å². The Bertz CT molecular complexity index is 266. The summed E-state index contributed by atoms with van der Waals surface area (Å²) in [6.07, 6.45) is 6.77. The van der Waals surface area contributed by atoms with Crippen LogP contribution < -0.4 is 0 Å². The number of aliphatic carboxylic acids is 1. The number of likely N-dealkylation sites (N-methyl/N-ethyl adjacent to an activating group) is 1. The number of carbonyl (C=O) groups is 1. The quantitative estimate of drug-likeness (QED) is 0.711. The van der Waals surface area contributed by atoms with E-state index in [2.05, 4.69) is 16.8 Å². The SMILES string of the molecule is CN(C/C=C/C(=O)O)CCC1CCCN(C)C1. The number of carboxylic acid groups (broad SMARTS) is 1. The minimum Gasteiger partial charge on any atom is -0.478 e. The van der Waals surface area contributed by atoms with Crippen molar-refractivity contribution in [2.45, 2.75) is 19.3 Å². The molecule has 17 heavy (non-hydrogen) atoms. The second-order valence-electron chi connectivity index (χ2n) is 5.06. The van der Waals surface area contributed by atoms with Crippen molar-refractivity contribution in [3.8, 4) is 0 Å². The summed E-state index contributed by atoms with van der Waals surface area (Å²) in [5, 5.41) is 8.48. The molecule has 0 aromatic carbocycles. The summed E-state index contributed by atoms with van der Waals surface area (Å²) in [5.41, 5.74) is 0. The highest BCUT2D eigenvalue weighted by Crippen LogP contribution is 2.18. The molecule has 0 aliphatic carbocycles. The fraction of sp³-hybridized carbons (Fsp3) is 0.769. The van der Waals surface area contributed by atoms with Crippen molar-refractivity contribution in [3.05, 3.63) is 12.2 Å². The highest BCUT2D eigenvalue weighted by atomic mass is 16.4. The predicted molar refractivity (Wildman–Crippen MR) is 69.1 cm³/mol. The number of rotatable bonds is 6. The molecule has 0 amide bonds. The van der Waals surface area contributed by atoms with Crippen molar-refractivity contribution in [2.75, 3.05) is 40.3 Å². The fourth-order valence-electron chi connectivity index (χ4n) is 2.34. The van der Waals surface area contributed by atoms with Crippen LogP contribution in [0.25, 0.3) is 0 Å². The van der Waals surface area contributed by atoms with E-state index in [0.29, 0.717) is 0 Å². The third-order valence-electron chi connectivity index (χ3n) is 3.32. The van der Waals surface area contributed by atoms with Gasteiger partial charge in [-0.1, -0.05) is 6.08 Å². The highest BCUT2D eigenvalue weighted by Gasteiger charge is 2.16. The smallest absolute Gasteiger partial charge is 0.328 e. The number of nitrogens with zero attached hydrogens (tertiary/aromatic N) is 2. The Labute approximate surface area is 104 Å². The van der Waals surface area contributed by atoms with Crippen LogP contribution >= 0.6 is 0 Å². The van der Waals surface area contributed by atoms with E-state index in [9.17, 15) is 4.79 Å². The molecule has 0 aromatic rings. The highest BCUT2D eigenvalue weighted by molar-refractivity contribution is 5.79. The molecule has 1 aliphatic rings. The van der Waals surface area contributed by atoms with Gasteiger partial charge in [0.15, 0.2) is 0 Å². The standard InChI is InChI=1S/C13H24N2O2/c1-14(8-4-6-13(16)17)10-7-12-5-3-9-15(2)11-12/h4,6,12H,3,5,7-11H2,1-2H3,(H,16,17)/b6-4+. The molecule has 1 heterocycles. The molecule has 0 aromatic heterocycles. The van der Waals surface area contributed by atoms with Crippen molar-refractivity contribution >= 4 is 5.97 Å². The topological polar surface area (TPSA) is 43.8 Å². The fourth-order valence-corrected chi connectivity index (χ4v) is 2.34. The van der Waals surface area contributed by atoms with Crippen LogP contribution in [0.5, 0.6) is 0 Å². The third-order valence-corrected chi connectivity index (χ3v) is 3.32. The lowest BCUT2D eigenvalue weighted by Gasteiger charge is -2.30. The number of carboxylic acids is 1. The monoisotopic (exact) mass is 240 g/mol. The van der Waals surface area contributed by atoms with E-state index in [4.69, 9.17) is 5.11 Å². The summed E-state index contributed by atoms with van der Waals surface area (Å²) < 4.78 is 0. The summed E-state index contributed by atoms with van der Waals surface area (Å²) in [5.74, 6) is -0.0630. The Morgan fingerprint density at radius 3 is 3.00 bits per heavy atom. The van der Waals surface area contributed by atoms with Gasteiger partial charge in [-0.3, -0.25) is 0 Å². The summed E-state index contributed by atoms with van der Waals surface area (Å²) >= 11 is 0. The largest absolute Gasteiger partial charge is 0.478 e. The van der Waals surface area contributed by atoms with Crippen molar-refractivity contribution in [2.24, 2.45) is 5.92 Å². The van der Waals surface area contributed by atoms with Gasteiger partial charge >= 0.3 is 5.97 Å². The first kappa shape index (κ1) is 14.2. The molecule has 1 fully saturated rings. The first-order valence-corrected chi connectivity index (χ1v) is 6.34. The van der Waals surface area contributed by atoms with Crippen molar-refractivity contribution in [1.82, 2.24) is 9.80 Å². The summed E-state index contributed by atoms with van der Waals surface area (Å²) in [6.45, 7) is 4.20. The lowest BCUT2D eigenvalue weighted by Crippen LogP contribution is -2.34. The molecule has 0 spiro atoms. The average molecular weight is 240 g/mol. The first-order chi connectivity index (χ1) is 8.08. The molecule has 1 atom stereocenters. The van der Waals surface area contributed by atoms with Gasteiger partial charge in [-0.2, -0.15) is 0 Å². The van der Waals surface area contributed by atoms with Crippen LogP contribution in [-0.2, 0) is 4.79 Å². The number of hydrogen-bond donors (Lipinski definition) is 1. The van der Waals surface area contributed by atoms with Crippen molar-refractivity contribution in [3.63, 3.8) is 0 Å². The Hall–Kier alpha value is -0.870. The van der Waals surface area contributed by atoms with Crippen LogP contribution in [-0.4, -0.2) is 61.2 Å². The Kier molecular flexibility index (Phi) is 6.22. The molecule has 1 unspecified atom stereocenters. The normalized spacial score (nSPS) is 22.4. The van der Waals surface area contributed by atoms with Crippen LogP contribution in [0.3, 0.4) is 0 Å². The minimum absolute atomic E-state index is 0.717. The lowest BCUT2D eigenvalue weighted by atomic mass is 9.95. The van der Waals surface area contributed by atoms with Gasteiger partial charge in [0.25, 0.3) is 0 Å². The van der Waals surface area contributed by atoms with Crippen LogP contribution in [0, 0.1) is 5.92 Å². The van der Waals surface area contributed by atoms with Gasteiger partial charge < -0.3 is 14.9 Å². The molecule has 0 saturated carbocycles. The van der Waals surface area contributed by atoms with Gasteiger partial charge in [0.05, 0.1) is 0 Å². The number of likely N-dealkylation sites (tertiary alicyclic amines) is 1. The molecule has 1 N–H and O–H groups in total. The second-order valence-corrected chi connectivity index (χ2v) is 5.06. The molecule has 1 aliphatic heterocycles. The van der Waals surface area contributed by atoms with Gasteiger partial charge in [0.2, 0.25) is 0 Å². The van der Waals surface area contributed by atoms with E-state index < -0.39 is 5.97 Å². The molecule has 1 saturated heterocycles. The summed E-state index contributed by atoms with van der Waals surface area (Å²) in [7, 11) is 4.23. The zero-order valence-corrected chi connectivity index (χ0v) is 10.9. The predicted octanol–water partition coefficient (Wildman–Crippen LogP) is 1.29. The maximum atomic E-state index is 10.3. The molecule has 4 nitrogen and oxygen atoms in total. The Morgan fingerprint density at radius 1 is 1.59 bits per heavy atom. The van der Waals surface area contributed by atoms with E-state index in [0.717, 1.165) is 19.0 Å². The van der Waals surface area contributed by atoms with E-state index in [1.807, 2.05) is 7.05 Å². The maximum Gasteiger partial charge on any atom is 0.328 e. The minimum atomic E-state index is -0.868. The lowest BCUT2D eigenvalue weighted by molar-refractivity contribution is -0.131. The Balaban J connectivity index is 2.14. The van der Waals surface area contributed by atoms with Gasteiger partial charge in [-0.25, -0.2) is 4.79 Å². The zero-order valence-electron chi connectivity index (χ0n) is 10.9. The van der Waals surface area contributed by atoms with Crippen LogP contribution in [0.1, 0.15) is 19.3 Å². The van der Waals surface area contributed by atoms with Crippen molar-refractivity contribution < 1.29 is 9.90 Å². The third kappa shape index (κ3) is 6.44. The second kappa shape index (κ2) is 7.45. The number of hydrogen-bond acceptors (Lipinski definition) is 3. The van der Waals surface area contributed by atoms with Gasteiger partial charge in [0, 0.05) is 19.2 Å². The number of piperidine rings is 1. The molecular formula is C13H24N2O2. The molecule has 4 heteroatoms. The summed E-state index contributed by atoms with van der Waals surface area (Å²) in [6, 6.07) is 0. The molecule has 0 bridgehead atoms. The van der Waals surface area contributed by atoms with Crippen LogP contribution in [0.2, 0.25) is 0 Å². The van der Waals surface area contributed by atoms with Crippen molar-refractivity contribution in [1.29, 1.82) is 0 Å². The maximum absolute atomic E-state index is 10.3. The molecule has 0 radical (unpaired) electrons. The van der Waals surface area contributed by atoms with Gasteiger partial charge in [0.1, 0.15) is 0 Å². The Morgan fingerprint density at radius 2 is 2.35 bits per heavy atom. The van der Waals surface area contributed by atoms with Gasteiger partial charge in [-0.05, 0) is 52.4 Å². The van der Waals surface area contributed by atoms with Crippen LogP contribution in [0.4, 0.5) is 0 Å². The zero-order chi connectivity index (χ0) is 12.7. The molecular weight excluding hydrogens is 216 g/mol. The average Bonchev–Trinajstić information content (AvgIpc) is 2.26. The molecule has 1 rings (SSSR count).